The third kappa shape index (κ3) is 3.94. The lowest BCUT2D eigenvalue weighted by Gasteiger charge is -2.09. The van der Waals surface area contributed by atoms with Crippen LogP contribution in [-0.4, -0.2) is 30.9 Å². The van der Waals surface area contributed by atoms with Crippen LogP contribution in [0.5, 0.6) is 0 Å². The summed E-state index contributed by atoms with van der Waals surface area (Å²) in [4.78, 5) is 17.6. The SMILES string of the molecule is Cc1nnc(SCc2c(C(=O)Nc3cccnc3-n3cccn3)oc3ccccc23)s1. The molecule has 5 rings (SSSR count). The van der Waals surface area contributed by atoms with Gasteiger partial charge in [0.15, 0.2) is 15.9 Å². The Hall–Kier alpha value is -3.50. The molecule has 10 heteroatoms. The molecule has 1 N–H and O–H groups in total. The largest absolute Gasteiger partial charge is 0.451 e. The maximum atomic E-state index is 13.2. The van der Waals surface area contributed by atoms with Crippen LogP contribution >= 0.6 is 23.1 Å². The molecule has 0 aliphatic heterocycles. The highest BCUT2D eigenvalue weighted by Crippen LogP contribution is 2.33. The molecule has 0 aliphatic carbocycles. The van der Waals surface area contributed by atoms with E-state index in [-0.39, 0.29) is 11.7 Å². The van der Waals surface area contributed by atoms with Gasteiger partial charge in [0.25, 0.3) is 5.91 Å². The molecule has 0 atom stereocenters. The topological polar surface area (TPSA) is 98.7 Å². The van der Waals surface area contributed by atoms with Crippen LogP contribution in [0.15, 0.2) is 69.8 Å². The third-order valence-corrected chi connectivity index (χ3v) is 6.51. The lowest BCUT2D eigenvalue weighted by Crippen LogP contribution is -2.15. The van der Waals surface area contributed by atoms with Gasteiger partial charge < -0.3 is 9.73 Å². The van der Waals surface area contributed by atoms with E-state index in [4.69, 9.17) is 4.42 Å². The molecule has 0 fully saturated rings. The van der Waals surface area contributed by atoms with Gasteiger partial charge in [-0.15, -0.1) is 10.2 Å². The van der Waals surface area contributed by atoms with Gasteiger partial charge >= 0.3 is 0 Å². The van der Waals surface area contributed by atoms with Crippen LogP contribution in [0, 0.1) is 6.92 Å². The van der Waals surface area contributed by atoms with Crippen LogP contribution in [0.25, 0.3) is 16.8 Å². The Labute approximate surface area is 185 Å². The van der Waals surface area contributed by atoms with Gasteiger partial charge in [-0.05, 0) is 31.2 Å². The molecule has 1 amide bonds. The normalized spacial score (nSPS) is 11.1. The summed E-state index contributed by atoms with van der Waals surface area (Å²) in [5, 5.41) is 17.2. The number of nitrogens with one attached hydrogen (secondary N) is 1. The van der Waals surface area contributed by atoms with Gasteiger partial charge in [0, 0.05) is 35.3 Å². The van der Waals surface area contributed by atoms with E-state index in [0.29, 0.717) is 22.8 Å². The molecule has 1 aromatic carbocycles. The second-order valence-electron chi connectivity index (χ2n) is 6.56. The second kappa shape index (κ2) is 8.32. The first-order chi connectivity index (χ1) is 15.2. The smallest absolute Gasteiger partial charge is 0.291 e. The lowest BCUT2D eigenvalue weighted by molar-refractivity contribution is 0.0997. The van der Waals surface area contributed by atoms with Crippen LogP contribution in [0.2, 0.25) is 0 Å². The average Bonchev–Trinajstić information content (AvgIpc) is 3.53. The number of amides is 1. The standard InChI is InChI=1S/C21H16N6O2S2/c1-13-25-26-21(31-13)30-12-15-14-6-2-3-8-17(14)29-18(15)20(28)24-16-7-4-9-22-19(16)27-11-5-10-23-27/h2-11H,12H2,1H3,(H,24,28). The number of hydrogen-bond acceptors (Lipinski definition) is 8. The Morgan fingerprint density at radius 3 is 2.87 bits per heavy atom. The first-order valence-electron chi connectivity index (χ1n) is 9.39. The minimum atomic E-state index is -0.346. The molecule has 8 nitrogen and oxygen atoms in total. The monoisotopic (exact) mass is 448 g/mol. The lowest BCUT2D eigenvalue weighted by atomic mass is 10.1. The Kier molecular flexibility index (Phi) is 5.23. The zero-order valence-electron chi connectivity index (χ0n) is 16.3. The van der Waals surface area contributed by atoms with Gasteiger partial charge in [0.2, 0.25) is 0 Å². The predicted molar refractivity (Wildman–Crippen MR) is 120 cm³/mol. The summed E-state index contributed by atoms with van der Waals surface area (Å²) in [6, 6.07) is 13.0. The van der Waals surface area contributed by atoms with Crippen molar-refractivity contribution in [1.82, 2.24) is 25.0 Å². The second-order valence-corrected chi connectivity index (χ2v) is 8.96. The molecule has 31 heavy (non-hydrogen) atoms. The molecule has 0 spiro atoms. The van der Waals surface area contributed by atoms with E-state index >= 15 is 0 Å². The van der Waals surface area contributed by atoms with E-state index < -0.39 is 0 Å². The number of aromatic nitrogens is 5. The Balaban J connectivity index is 1.48. The number of nitrogens with zero attached hydrogens (tertiary/aromatic N) is 5. The summed E-state index contributed by atoms with van der Waals surface area (Å²) in [7, 11) is 0. The Morgan fingerprint density at radius 2 is 2.06 bits per heavy atom. The number of hydrogen-bond donors (Lipinski definition) is 1. The fourth-order valence-electron chi connectivity index (χ4n) is 3.15. The van der Waals surface area contributed by atoms with Crippen molar-refractivity contribution in [3.05, 3.63) is 77.4 Å². The number of pyridine rings is 1. The summed E-state index contributed by atoms with van der Waals surface area (Å²) in [6.07, 6.45) is 5.08. The van der Waals surface area contributed by atoms with Crippen molar-refractivity contribution in [3.63, 3.8) is 0 Å². The first kappa shape index (κ1) is 19.5. The van der Waals surface area contributed by atoms with Crippen molar-refractivity contribution in [2.75, 3.05) is 5.32 Å². The van der Waals surface area contributed by atoms with Crippen LogP contribution in [-0.2, 0) is 5.75 Å². The third-order valence-electron chi connectivity index (χ3n) is 4.51. The number of para-hydroxylation sites is 1. The minimum absolute atomic E-state index is 0.269. The number of aryl methyl sites for hydroxylation is 1. The van der Waals surface area contributed by atoms with E-state index in [2.05, 4.69) is 25.6 Å². The van der Waals surface area contributed by atoms with E-state index in [0.717, 1.165) is 20.3 Å². The molecular weight excluding hydrogens is 432 g/mol. The van der Waals surface area contributed by atoms with E-state index in [1.165, 1.54) is 23.1 Å². The number of thioether (sulfide) groups is 1. The van der Waals surface area contributed by atoms with Crippen molar-refractivity contribution in [1.29, 1.82) is 0 Å². The number of carbonyl (C=O) groups excluding carboxylic acids is 1. The number of anilines is 1. The molecule has 4 aromatic heterocycles. The maximum Gasteiger partial charge on any atom is 0.291 e. The highest BCUT2D eigenvalue weighted by molar-refractivity contribution is 8.00. The number of fused-ring (bicyclic) bond motifs is 1. The van der Waals surface area contributed by atoms with Crippen molar-refractivity contribution < 1.29 is 9.21 Å². The van der Waals surface area contributed by atoms with Gasteiger partial charge in [0.1, 0.15) is 10.6 Å². The van der Waals surface area contributed by atoms with Gasteiger partial charge in [0.05, 0.1) is 5.69 Å². The fraction of sp³-hybridized carbons (Fsp3) is 0.0952. The molecule has 0 unspecified atom stereocenters. The summed E-state index contributed by atoms with van der Waals surface area (Å²) in [6.45, 7) is 1.92. The van der Waals surface area contributed by atoms with Crippen molar-refractivity contribution in [3.8, 4) is 5.82 Å². The van der Waals surface area contributed by atoms with Gasteiger partial charge in [-0.1, -0.05) is 41.3 Å². The molecule has 5 aromatic rings. The highest BCUT2D eigenvalue weighted by Gasteiger charge is 2.22. The fourth-order valence-corrected chi connectivity index (χ4v) is 4.99. The molecule has 0 aliphatic rings. The zero-order chi connectivity index (χ0) is 21.2. The molecule has 154 valence electrons. The maximum absolute atomic E-state index is 13.2. The quantitative estimate of drug-likeness (QED) is 0.375. The summed E-state index contributed by atoms with van der Waals surface area (Å²) in [5.74, 6) is 0.983. The van der Waals surface area contributed by atoms with Crippen LogP contribution in [0.4, 0.5) is 5.69 Å². The van der Waals surface area contributed by atoms with E-state index in [9.17, 15) is 4.79 Å². The highest BCUT2D eigenvalue weighted by atomic mass is 32.2. The van der Waals surface area contributed by atoms with Gasteiger partial charge in [-0.2, -0.15) is 5.10 Å². The number of carbonyl (C=O) groups is 1. The summed E-state index contributed by atoms with van der Waals surface area (Å²) >= 11 is 3.06. The Bertz CT molecular complexity index is 1360. The number of furan rings is 1. The van der Waals surface area contributed by atoms with Crippen molar-refractivity contribution >= 4 is 45.7 Å². The molecule has 0 bridgehead atoms. The van der Waals surface area contributed by atoms with Crippen LogP contribution < -0.4 is 5.32 Å². The van der Waals surface area contributed by atoms with Crippen molar-refractivity contribution in [2.24, 2.45) is 0 Å². The van der Waals surface area contributed by atoms with Crippen molar-refractivity contribution in [2.45, 2.75) is 17.0 Å². The summed E-state index contributed by atoms with van der Waals surface area (Å²) in [5.41, 5.74) is 2.01. The minimum Gasteiger partial charge on any atom is -0.451 e. The molecule has 0 radical (unpaired) electrons. The van der Waals surface area contributed by atoms with E-state index in [1.54, 1.807) is 41.5 Å². The average molecular weight is 449 g/mol. The predicted octanol–water partition coefficient (Wildman–Crippen LogP) is 4.72. The van der Waals surface area contributed by atoms with Crippen LogP contribution in [0.3, 0.4) is 0 Å². The number of benzene rings is 1. The molecule has 4 heterocycles. The summed E-state index contributed by atoms with van der Waals surface area (Å²) < 4.78 is 8.41. The van der Waals surface area contributed by atoms with Gasteiger partial charge in [-0.25, -0.2) is 9.67 Å². The van der Waals surface area contributed by atoms with E-state index in [1.807, 2.05) is 31.2 Å². The Morgan fingerprint density at radius 1 is 1.16 bits per heavy atom. The van der Waals surface area contributed by atoms with Crippen LogP contribution in [0.1, 0.15) is 21.1 Å². The molecule has 0 saturated heterocycles. The number of rotatable bonds is 6. The van der Waals surface area contributed by atoms with Gasteiger partial charge in [-0.3, -0.25) is 4.79 Å². The molecule has 0 saturated carbocycles. The molecular formula is C21H16N6O2S2. The first-order valence-corrected chi connectivity index (χ1v) is 11.2. The zero-order valence-corrected chi connectivity index (χ0v) is 18.0.